The summed E-state index contributed by atoms with van der Waals surface area (Å²) in [6.07, 6.45) is 2.37. The molecule has 2 aliphatic heterocycles. The van der Waals surface area contributed by atoms with Gasteiger partial charge in [-0.25, -0.2) is 0 Å². The zero-order valence-electron chi connectivity index (χ0n) is 6.69. The molecule has 2 rings (SSSR count). The lowest BCUT2D eigenvalue weighted by Crippen LogP contribution is -2.41. The zero-order chi connectivity index (χ0) is 7.84. The van der Waals surface area contributed by atoms with Gasteiger partial charge in [-0.15, -0.1) is 0 Å². The van der Waals surface area contributed by atoms with Crippen molar-refractivity contribution in [2.24, 2.45) is 0 Å². The molecule has 0 saturated carbocycles. The lowest BCUT2D eigenvalue weighted by Gasteiger charge is -2.28. The summed E-state index contributed by atoms with van der Waals surface area (Å²) in [7, 11) is 0. The zero-order valence-corrected chi connectivity index (χ0v) is 7.51. The second-order valence-corrected chi connectivity index (χ2v) is 4.75. The standard InChI is InChI=1S/C8H13NOS/c1-6(4-10)9-3-8-2-7(9)5-11-8/h4,6-8H,2-3,5H2,1H3. The Morgan fingerprint density at radius 3 is 3.00 bits per heavy atom. The maximum atomic E-state index is 10.5. The van der Waals surface area contributed by atoms with Crippen LogP contribution in [0, 0.1) is 0 Å². The minimum atomic E-state index is 0.144. The van der Waals surface area contributed by atoms with E-state index in [0.717, 1.165) is 18.1 Å². The fourth-order valence-corrected chi connectivity index (χ4v) is 3.46. The van der Waals surface area contributed by atoms with E-state index in [4.69, 9.17) is 0 Å². The van der Waals surface area contributed by atoms with E-state index in [1.54, 1.807) is 0 Å². The van der Waals surface area contributed by atoms with E-state index < -0.39 is 0 Å². The van der Waals surface area contributed by atoms with Crippen LogP contribution in [-0.4, -0.2) is 40.8 Å². The van der Waals surface area contributed by atoms with Crippen molar-refractivity contribution in [2.75, 3.05) is 12.3 Å². The molecule has 0 spiro atoms. The van der Waals surface area contributed by atoms with Gasteiger partial charge in [0.15, 0.2) is 0 Å². The summed E-state index contributed by atoms with van der Waals surface area (Å²) >= 11 is 2.07. The molecular weight excluding hydrogens is 158 g/mol. The fraction of sp³-hybridized carbons (Fsp3) is 0.875. The molecule has 0 aromatic carbocycles. The third kappa shape index (κ3) is 1.20. The number of fused-ring (bicyclic) bond motifs is 2. The molecule has 0 N–H and O–H groups in total. The van der Waals surface area contributed by atoms with Gasteiger partial charge in [0.2, 0.25) is 0 Å². The summed E-state index contributed by atoms with van der Waals surface area (Å²) in [6, 6.07) is 0.844. The van der Waals surface area contributed by atoms with Gasteiger partial charge in [-0.1, -0.05) is 0 Å². The Kier molecular flexibility index (Phi) is 1.93. The van der Waals surface area contributed by atoms with E-state index in [9.17, 15) is 4.79 Å². The fourth-order valence-electron chi connectivity index (χ4n) is 2.01. The van der Waals surface area contributed by atoms with Crippen molar-refractivity contribution in [2.45, 2.75) is 30.7 Å². The summed E-state index contributed by atoms with van der Waals surface area (Å²) in [6.45, 7) is 3.13. The van der Waals surface area contributed by atoms with Gasteiger partial charge in [0, 0.05) is 23.6 Å². The van der Waals surface area contributed by atoms with Crippen LogP contribution in [0.3, 0.4) is 0 Å². The van der Waals surface area contributed by atoms with E-state index in [1.807, 2.05) is 6.92 Å². The van der Waals surface area contributed by atoms with Gasteiger partial charge >= 0.3 is 0 Å². The molecule has 0 radical (unpaired) electrons. The van der Waals surface area contributed by atoms with Crippen molar-refractivity contribution in [3.05, 3.63) is 0 Å². The number of nitrogens with zero attached hydrogens (tertiary/aromatic N) is 1. The van der Waals surface area contributed by atoms with Crippen molar-refractivity contribution < 1.29 is 4.79 Å². The molecule has 3 heteroatoms. The van der Waals surface area contributed by atoms with E-state index in [1.165, 1.54) is 12.2 Å². The maximum absolute atomic E-state index is 10.5. The third-order valence-corrected chi connectivity index (χ3v) is 4.05. The molecule has 0 aromatic rings. The van der Waals surface area contributed by atoms with Crippen molar-refractivity contribution in [3.8, 4) is 0 Å². The van der Waals surface area contributed by atoms with Gasteiger partial charge in [-0.05, 0) is 13.3 Å². The van der Waals surface area contributed by atoms with Crippen LogP contribution in [0.1, 0.15) is 13.3 Å². The first kappa shape index (κ1) is 7.62. The highest BCUT2D eigenvalue weighted by atomic mass is 32.2. The molecule has 0 aliphatic carbocycles. The Morgan fingerprint density at radius 1 is 1.73 bits per heavy atom. The minimum Gasteiger partial charge on any atom is -0.302 e. The average molecular weight is 171 g/mol. The van der Waals surface area contributed by atoms with Gasteiger partial charge in [-0.3, -0.25) is 4.90 Å². The number of carbonyl (C=O) groups is 1. The summed E-state index contributed by atoms with van der Waals surface area (Å²) in [5.74, 6) is 1.24. The molecule has 2 nitrogen and oxygen atoms in total. The summed E-state index contributed by atoms with van der Waals surface area (Å²) in [5, 5.41) is 0.822. The highest BCUT2D eigenvalue weighted by Gasteiger charge is 2.40. The number of hydrogen-bond acceptors (Lipinski definition) is 3. The first-order chi connectivity index (χ1) is 5.31. The topological polar surface area (TPSA) is 20.3 Å². The highest BCUT2D eigenvalue weighted by molar-refractivity contribution is 8.00. The molecule has 3 atom stereocenters. The molecule has 62 valence electrons. The van der Waals surface area contributed by atoms with Crippen LogP contribution in [0.25, 0.3) is 0 Å². The molecule has 2 aliphatic rings. The lowest BCUT2D eigenvalue weighted by molar-refractivity contribution is -0.112. The second kappa shape index (κ2) is 2.79. The van der Waals surface area contributed by atoms with Crippen LogP contribution in [0.15, 0.2) is 0 Å². The van der Waals surface area contributed by atoms with Gasteiger partial charge < -0.3 is 4.79 Å². The summed E-state index contributed by atoms with van der Waals surface area (Å²) in [4.78, 5) is 12.9. The molecule has 0 amide bonds. The van der Waals surface area contributed by atoms with Crippen molar-refractivity contribution in [1.82, 2.24) is 4.90 Å². The molecule has 2 heterocycles. The second-order valence-electron chi connectivity index (χ2n) is 3.42. The number of aldehydes is 1. The number of thioether (sulfide) groups is 1. The minimum absolute atomic E-state index is 0.144. The van der Waals surface area contributed by atoms with Crippen LogP contribution in [-0.2, 0) is 4.79 Å². The quantitative estimate of drug-likeness (QED) is 0.572. The first-order valence-electron chi connectivity index (χ1n) is 4.14. The Bertz CT molecular complexity index is 173. The Balaban J connectivity index is 2.01. The van der Waals surface area contributed by atoms with E-state index in [2.05, 4.69) is 16.7 Å². The molecule has 2 bridgehead atoms. The number of rotatable bonds is 2. The largest absolute Gasteiger partial charge is 0.302 e. The SMILES string of the molecule is CC(C=O)N1CC2CC1CS2. The highest BCUT2D eigenvalue weighted by Crippen LogP contribution is 2.37. The van der Waals surface area contributed by atoms with Crippen molar-refractivity contribution >= 4 is 18.0 Å². The number of carbonyl (C=O) groups excluding carboxylic acids is 1. The van der Waals surface area contributed by atoms with Crippen molar-refractivity contribution in [3.63, 3.8) is 0 Å². The molecule has 2 fully saturated rings. The van der Waals surface area contributed by atoms with Crippen LogP contribution in [0.2, 0.25) is 0 Å². The molecular formula is C8H13NOS. The normalized spacial score (nSPS) is 39.4. The Hall–Kier alpha value is -0.0200. The van der Waals surface area contributed by atoms with Gasteiger partial charge in [0.05, 0.1) is 6.04 Å². The lowest BCUT2D eigenvalue weighted by atomic mass is 10.2. The molecule has 2 saturated heterocycles. The van der Waals surface area contributed by atoms with Crippen molar-refractivity contribution in [1.29, 1.82) is 0 Å². The predicted molar refractivity (Wildman–Crippen MR) is 46.9 cm³/mol. The monoisotopic (exact) mass is 171 g/mol. The summed E-state index contributed by atoms with van der Waals surface area (Å²) < 4.78 is 0. The van der Waals surface area contributed by atoms with Gasteiger partial charge in [0.1, 0.15) is 6.29 Å². The van der Waals surface area contributed by atoms with E-state index in [-0.39, 0.29) is 6.04 Å². The number of hydrogen-bond donors (Lipinski definition) is 0. The Labute approximate surface area is 71.3 Å². The summed E-state index contributed by atoms with van der Waals surface area (Å²) in [5.41, 5.74) is 0. The van der Waals surface area contributed by atoms with Crippen LogP contribution in [0.4, 0.5) is 0 Å². The smallest absolute Gasteiger partial charge is 0.136 e. The van der Waals surface area contributed by atoms with Gasteiger partial charge in [0.25, 0.3) is 0 Å². The Morgan fingerprint density at radius 2 is 2.55 bits per heavy atom. The first-order valence-corrected chi connectivity index (χ1v) is 5.19. The average Bonchev–Trinajstić information content (AvgIpc) is 2.62. The molecule has 0 aromatic heterocycles. The van der Waals surface area contributed by atoms with Crippen LogP contribution in [0.5, 0.6) is 0 Å². The van der Waals surface area contributed by atoms with Crippen LogP contribution >= 0.6 is 11.8 Å². The van der Waals surface area contributed by atoms with Crippen LogP contribution < -0.4 is 0 Å². The maximum Gasteiger partial charge on any atom is 0.136 e. The third-order valence-electron chi connectivity index (χ3n) is 2.66. The number of likely N-dealkylation sites (tertiary alicyclic amines) is 1. The predicted octanol–water partition coefficient (Wildman–Crippen LogP) is 0.763. The van der Waals surface area contributed by atoms with E-state index >= 15 is 0 Å². The van der Waals surface area contributed by atoms with E-state index in [0.29, 0.717) is 6.04 Å². The van der Waals surface area contributed by atoms with Gasteiger partial charge in [-0.2, -0.15) is 11.8 Å². The molecule has 3 unspecified atom stereocenters. The molecule has 11 heavy (non-hydrogen) atoms.